The maximum atomic E-state index is 13.8. The van der Waals surface area contributed by atoms with Crippen LogP contribution in [0.3, 0.4) is 0 Å². The van der Waals surface area contributed by atoms with Crippen LogP contribution in [0.5, 0.6) is 0 Å². The van der Waals surface area contributed by atoms with Gasteiger partial charge in [-0.3, -0.25) is 9.59 Å². The molecule has 0 unspecified atom stereocenters. The number of aliphatic imine (C=N–C) groups is 1. The first-order valence-corrected chi connectivity index (χ1v) is 12.1. The molecule has 0 aliphatic carbocycles. The third-order valence-electron chi connectivity index (χ3n) is 5.77. The maximum absolute atomic E-state index is 13.8. The van der Waals surface area contributed by atoms with Gasteiger partial charge in [0, 0.05) is 24.2 Å². The van der Waals surface area contributed by atoms with Crippen LogP contribution in [-0.2, 0) is 16.0 Å². The molecule has 0 atom stereocenters. The average molecular weight is 550 g/mol. The highest BCUT2D eigenvalue weighted by molar-refractivity contribution is 7.92. The standard InChI is InChI=1S/C22H20F6N4O4S/c23-21(24,25)17-11-14(18(33)31-20(29)30)3-6-16(17)12-7-9-32(10-8-12)19(34)13-1-4-15(5-2-13)37(35,36)22(26,27)28/h1-6,11-12H,7-10H2,(H4,29,30,31,33). The van der Waals surface area contributed by atoms with Crippen molar-refractivity contribution in [3.63, 3.8) is 0 Å². The van der Waals surface area contributed by atoms with Crippen LogP contribution in [0.2, 0.25) is 0 Å². The van der Waals surface area contributed by atoms with Crippen LogP contribution in [0.25, 0.3) is 0 Å². The van der Waals surface area contributed by atoms with Crippen LogP contribution >= 0.6 is 0 Å². The topological polar surface area (TPSA) is 136 Å². The van der Waals surface area contributed by atoms with Crippen LogP contribution < -0.4 is 11.5 Å². The summed E-state index contributed by atoms with van der Waals surface area (Å²) in [4.78, 5) is 28.2. The van der Waals surface area contributed by atoms with Crippen molar-refractivity contribution in [3.05, 3.63) is 64.7 Å². The predicted molar refractivity (Wildman–Crippen MR) is 119 cm³/mol. The molecule has 1 heterocycles. The van der Waals surface area contributed by atoms with E-state index in [1.54, 1.807) is 0 Å². The van der Waals surface area contributed by atoms with Gasteiger partial charge >= 0.3 is 11.7 Å². The Kier molecular flexibility index (Phi) is 7.58. The minimum atomic E-state index is -5.57. The molecule has 2 amide bonds. The van der Waals surface area contributed by atoms with Crippen molar-refractivity contribution in [2.75, 3.05) is 13.1 Å². The molecular weight excluding hydrogens is 530 g/mol. The molecule has 0 aromatic heterocycles. The molecule has 2 aromatic rings. The minimum absolute atomic E-state index is 0.0398. The number of hydrogen-bond acceptors (Lipinski definition) is 4. The SMILES string of the molecule is NC(N)=NC(=O)c1ccc(C2CCN(C(=O)c3ccc(S(=O)(=O)C(F)(F)F)cc3)CC2)c(C(F)(F)F)c1. The molecule has 15 heteroatoms. The molecule has 200 valence electrons. The van der Waals surface area contributed by atoms with Gasteiger partial charge in [-0.05, 0) is 60.7 Å². The Morgan fingerprint density at radius 2 is 1.43 bits per heavy atom. The number of piperidine rings is 1. The highest BCUT2D eigenvalue weighted by atomic mass is 32.2. The number of guanidine groups is 1. The fourth-order valence-corrected chi connectivity index (χ4v) is 4.72. The summed E-state index contributed by atoms with van der Waals surface area (Å²) in [5, 5.41) is 0. The fourth-order valence-electron chi connectivity index (χ4n) is 3.96. The van der Waals surface area contributed by atoms with Gasteiger partial charge in [-0.1, -0.05) is 6.07 Å². The van der Waals surface area contributed by atoms with Gasteiger partial charge < -0.3 is 16.4 Å². The number of nitrogens with two attached hydrogens (primary N) is 2. The van der Waals surface area contributed by atoms with Crippen LogP contribution in [0.1, 0.15) is 50.6 Å². The zero-order valence-electron chi connectivity index (χ0n) is 18.8. The number of amides is 2. The average Bonchev–Trinajstić information content (AvgIpc) is 2.81. The molecule has 0 radical (unpaired) electrons. The van der Waals surface area contributed by atoms with Gasteiger partial charge in [-0.25, -0.2) is 8.42 Å². The van der Waals surface area contributed by atoms with Gasteiger partial charge in [-0.15, -0.1) is 0 Å². The van der Waals surface area contributed by atoms with Gasteiger partial charge in [-0.2, -0.15) is 31.3 Å². The Labute approximate surface area is 206 Å². The summed E-state index contributed by atoms with van der Waals surface area (Å²) in [7, 11) is -5.57. The van der Waals surface area contributed by atoms with Gasteiger partial charge in [0.15, 0.2) is 5.96 Å². The lowest BCUT2D eigenvalue weighted by atomic mass is 9.85. The second-order valence-electron chi connectivity index (χ2n) is 8.18. The number of carbonyl (C=O) groups is 2. The van der Waals surface area contributed by atoms with E-state index in [2.05, 4.69) is 4.99 Å². The smallest absolute Gasteiger partial charge is 0.370 e. The molecule has 0 bridgehead atoms. The molecule has 3 rings (SSSR count). The zero-order valence-corrected chi connectivity index (χ0v) is 19.6. The molecule has 37 heavy (non-hydrogen) atoms. The second kappa shape index (κ2) is 10.0. The van der Waals surface area contributed by atoms with Gasteiger partial charge in [0.25, 0.3) is 21.7 Å². The number of nitrogens with zero attached hydrogens (tertiary/aromatic N) is 2. The molecule has 4 N–H and O–H groups in total. The van der Waals surface area contributed by atoms with Gasteiger partial charge in [0.1, 0.15) is 0 Å². The van der Waals surface area contributed by atoms with E-state index in [1.807, 2.05) is 0 Å². The Morgan fingerprint density at radius 1 is 0.892 bits per heavy atom. The summed E-state index contributed by atoms with van der Waals surface area (Å²) in [6.07, 6.45) is -4.51. The summed E-state index contributed by atoms with van der Waals surface area (Å²) < 4.78 is 102. The molecule has 1 saturated heterocycles. The highest BCUT2D eigenvalue weighted by Crippen LogP contribution is 2.39. The third kappa shape index (κ3) is 6.03. The number of rotatable bonds is 4. The third-order valence-corrected chi connectivity index (χ3v) is 7.28. The number of halogens is 6. The van der Waals surface area contributed by atoms with Crippen molar-refractivity contribution in [2.45, 2.75) is 35.3 Å². The summed E-state index contributed by atoms with van der Waals surface area (Å²) in [6, 6.07) is 6.24. The first kappa shape index (κ1) is 28.0. The quantitative estimate of drug-likeness (QED) is 0.340. The van der Waals surface area contributed by atoms with E-state index in [0.29, 0.717) is 18.2 Å². The van der Waals surface area contributed by atoms with Crippen molar-refractivity contribution in [2.24, 2.45) is 16.5 Å². The van der Waals surface area contributed by atoms with Crippen LogP contribution in [-0.4, -0.2) is 49.7 Å². The Balaban J connectivity index is 1.76. The van der Waals surface area contributed by atoms with E-state index in [4.69, 9.17) is 11.5 Å². The Morgan fingerprint density at radius 3 is 1.92 bits per heavy atom. The summed E-state index contributed by atoms with van der Waals surface area (Å²) in [5.41, 5.74) is 3.19. The van der Waals surface area contributed by atoms with E-state index in [-0.39, 0.29) is 42.6 Å². The monoisotopic (exact) mass is 550 g/mol. The van der Waals surface area contributed by atoms with E-state index in [9.17, 15) is 44.3 Å². The Hall–Kier alpha value is -3.62. The van der Waals surface area contributed by atoms with Crippen molar-refractivity contribution in [3.8, 4) is 0 Å². The van der Waals surface area contributed by atoms with Crippen LogP contribution in [0, 0.1) is 0 Å². The normalized spacial score (nSPS) is 15.4. The van der Waals surface area contributed by atoms with Crippen molar-refractivity contribution in [1.82, 2.24) is 4.90 Å². The van der Waals surface area contributed by atoms with Gasteiger partial charge in [0.2, 0.25) is 0 Å². The number of sulfone groups is 1. The summed E-state index contributed by atoms with van der Waals surface area (Å²) in [5.74, 6) is -2.85. The number of likely N-dealkylation sites (tertiary alicyclic amines) is 1. The maximum Gasteiger partial charge on any atom is 0.501 e. The molecule has 1 aliphatic rings. The lowest BCUT2D eigenvalue weighted by Gasteiger charge is -2.33. The molecule has 1 aliphatic heterocycles. The fraction of sp³-hybridized carbons (Fsp3) is 0.318. The summed E-state index contributed by atoms with van der Waals surface area (Å²) >= 11 is 0. The Bertz CT molecular complexity index is 1330. The van der Waals surface area contributed by atoms with Crippen molar-refractivity contribution >= 4 is 27.6 Å². The minimum Gasteiger partial charge on any atom is -0.370 e. The van der Waals surface area contributed by atoms with Crippen molar-refractivity contribution < 1.29 is 44.3 Å². The molecule has 8 nitrogen and oxygen atoms in total. The second-order valence-corrected chi connectivity index (χ2v) is 10.1. The van der Waals surface area contributed by atoms with E-state index in [1.165, 1.54) is 17.0 Å². The first-order chi connectivity index (χ1) is 17.0. The zero-order chi connectivity index (χ0) is 27.8. The number of benzene rings is 2. The molecule has 2 aromatic carbocycles. The van der Waals surface area contributed by atoms with E-state index >= 15 is 0 Å². The van der Waals surface area contributed by atoms with Crippen LogP contribution in [0.15, 0.2) is 52.4 Å². The molecule has 0 saturated carbocycles. The summed E-state index contributed by atoms with van der Waals surface area (Å²) in [6.45, 7) is 0.0795. The van der Waals surface area contributed by atoms with Gasteiger partial charge in [0.05, 0.1) is 10.5 Å². The highest BCUT2D eigenvalue weighted by Gasteiger charge is 2.46. The number of hydrogen-bond donors (Lipinski definition) is 2. The lowest BCUT2D eigenvalue weighted by Crippen LogP contribution is -2.38. The predicted octanol–water partition coefficient (Wildman–Crippen LogP) is 3.43. The van der Waals surface area contributed by atoms with Crippen LogP contribution in [0.4, 0.5) is 26.3 Å². The van der Waals surface area contributed by atoms with Crippen molar-refractivity contribution in [1.29, 1.82) is 0 Å². The molecular formula is C22H20F6N4O4S. The number of carbonyl (C=O) groups excluding carboxylic acids is 2. The number of alkyl halides is 6. The van der Waals surface area contributed by atoms with E-state index in [0.717, 1.165) is 12.1 Å². The molecule has 1 fully saturated rings. The first-order valence-electron chi connectivity index (χ1n) is 10.6. The molecule has 0 spiro atoms. The largest absolute Gasteiger partial charge is 0.501 e. The van der Waals surface area contributed by atoms with E-state index < -0.39 is 55.7 Å². The lowest BCUT2D eigenvalue weighted by molar-refractivity contribution is -0.138.